The zero-order chi connectivity index (χ0) is 24.2. The van der Waals surface area contributed by atoms with E-state index in [0.29, 0.717) is 43.2 Å². The van der Waals surface area contributed by atoms with Gasteiger partial charge in [0.1, 0.15) is 17.3 Å². The maximum atomic E-state index is 13.2. The molecule has 0 N–H and O–H groups in total. The third-order valence-corrected chi connectivity index (χ3v) is 6.61. The fourth-order valence-corrected chi connectivity index (χ4v) is 4.74. The Morgan fingerprint density at radius 3 is 2.54 bits per heavy atom. The van der Waals surface area contributed by atoms with Crippen molar-refractivity contribution in [1.29, 1.82) is 0 Å². The van der Waals surface area contributed by atoms with E-state index in [9.17, 15) is 14.0 Å². The Labute approximate surface area is 203 Å². The predicted molar refractivity (Wildman–Crippen MR) is 127 cm³/mol. The summed E-state index contributed by atoms with van der Waals surface area (Å²) in [6, 6.07) is 13.4. The van der Waals surface area contributed by atoms with E-state index >= 15 is 0 Å². The average molecular weight is 475 g/mol. The van der Waals surface area contributed by atoms with Crippen LogP contribution in [-0.2, 0) is 11.3 Å². The number of amides is 2. The second kappa shape index (κ2) is 10.2. The predicted octanol–water partition coefficient (Wildman–Crippen LogP) is 4.55. The Morgan fingerprint density at radius 2 is 1.80 bits per heavy atom. The van der Waals surface area contributed by atoms with Crippen molar-refractivity contribution in [3.63, 3.8) is 0 Å². The summed E-state index contributed by atoms with van der Waals surface area (Å²) < 4.78 is 19.1. The highest BCUT2D eigenvalue weighted by Gasteiger charge is 2.28. The summed E-state index contributed by atoms with van der Waals surface area (Å²) in [6.45, 7) is 2.53. The van der Waals surface area contributed by atoms with Crippen LogP contribution >= 0.6 is 0 Å². The average Bonchev–Trinajstić information content (AvgIpc) is 3.29. The summed E-state index contributed by atoms with van der Waals surface area (Å²) in [6.07, 6.45) is 6.20. The van der Waals surface area contributed by atoms with Crippen LogP contribution in [0.1, 0.15) is 53.2 Å². The highest BCUT2D eigenvalue weighted by atomic mass is 19.1. The molecular weight excluding hydrogens is 447 g/mol. The third-order valence-electron chi connectivity index (χ3n) is 6.61. The molecule has 3 heterocycles. The number of likely N-dealkylation sites (tertiary alicyclic amines) is 2. The summed E-state index contributed by atoms with van der Waals surface area (Å²) in [5, 5.41) is 0. The van der Waals surface area contributed by atoms with Gasteiger partial charge in [-0.2, -0.15) is 0 Å². The number of aromatic nitrogens is 2. The molecule has 3 aromatic rings. The summed E-state index contributed by atoms with van der Waals surface area (Å²) in [5.41, 5.74) is 2.37. The summed E-state index contributed by atoms with van der Waals surface area (Å²) in [7, 11) is 0. The molecule has 8 heteroatoms. The summed E-state index contributed by atoms with van der Waals surface area (Å²) >= 11 is 0. The van der Waals surface area contributed by atoms with Crippen molar-refractivity contribution in [2.24, 2.45) is 0 Å². The van der Waals surface area contributed by atoms with Crippen LogP contribution in [0.5, 0.6) is 11.6 Å². The molecule has 2 amide bonds. The Bertz CT molecular complexity index is 1210. The van der Waals surface area contributed by atoms with Crippen molar-refractivity contribution in [2.75, 3.05) is 19.6 Å². The van der Waals surface area contributed by atoms with Crippen LogP contribution in [-0.4, -0.2) is 51.2 Å². The molecular formula is C27H27FN4O3. The first-order valence-corrected chi connectivity index (χ1v) is 12.0. The molecule has 0 spiro atoms. The van der Waals surface area contributed by atoms with Gasteiger partial charge in [0.05, 0.1) is 0 Å². The van der Waals surface area contributed by atoms with Crippen molar-refractivity contribution in [1.82, 2.24) is 19.8 Å². The first-order valence-electron chi connectivity index (χ1n) is 12.0. The summed E-state index contributed by atoms with van der Waals surface area (Å²) in [4.78, 5) is 37.7. The molecule has 2 aliphatic heterocycles. The Balaban J connectivity index is 1.22. The molecule has 0 bridgehead atoms. The fraction of sp³-hybridized carbons (Fsp3) is 0.333. The molecule has 2 saturated heterocycles. The van der Waals surface area contributed by atoms with E-state index in [4.69, 9.17) is 4.74 Å². The minimum absolute atomic E-state index is 0.0000185. The largest absolute Gasteiger partial charge is 0.437 e. The van der Waals surface area contributed by atoms with Crippen LogP contribution in [0, 0.1) is 5.82 Å². The molecule has 180 valence electrons. The van der Waals surface area contributed by atoms with E-state index in [1.54, 1.807) is 24.5 Å². The first kappa shape index (κ1) is 23.0. The van der Waals surface area contributed by atoms with Gasteiger partial charge < -0.3 is 14.5 Å². The standard InChI is InChI=1S/C27H27FN4O3/c28-22-6-8-23(9-7-22)35-26-25(29-12-13-30-26)20-10-15-31(16-11-20)27(34)21-4-1-3-19(17-21)18-32-14-2-5-24(32)33/h1,3-4,6-9,12-13,17,20H,2,5,10-11,14-16,18H2. The smallest absolute Gasteiger partial charge is 0.253 e. The van der Waals surface area contributed by atoms with Crippen LogP contribution in [0.3, 0.4) is 0 Å². The van der Waals surface area contributed by atoms with Crippen LogP contribution in [0.15, 0.2) is 60.9 Å². The molecule has 0 unspecified atom stereocenters. The minimum Gasteiger partial charge on any atom is -0.437 e. The van der Waals surface area contributed by atoms with Gasteiger partial charge >= 0.3 is 0 Å². The number of carbonyl (C=O) groups is 2. The Hall–Kier alpha value is -3.81. The zero-order valence-electron chi connectivity index (χ0n) is 19.4. The number of carbonyl (C=O) groups excluding carboxylic acids is 2. The van der Waals surface area contributed by atoms with E-state index < -0.39 is 0 Å². The SMILES string of the molecule is O=C1CCCN1Cc1cccc(C(=O)N2CCC(c3nccnc3Oc3ccc(F)cc3)CC2)c1. The van der Waals surface area contributed by atoms with Crippen molar-refractivity contribution in [2.45, 2.75) is 38.1 Å². The third kappa shape index (κ3) is 5.31. The van der Waals surface area contributed by atoms with Crippen LogP contribution in [0.2, 0.25) is 0 Å². The molecule has 5 rings (SSSR count). The normalized spacial score (nSPS) is 16.5. The molecule has 2 fully saturated rings. The number of hydrogen-bond donors (Lipinski definition) is 0. The van der Waals surface area contributed by atoms with Crippen molar-refractivity contribution in [3.05, 3.63) is 83.6 Å². The lowest BCUT2D eigenvalue weighted by Gasteiger charge is -2.32. The minimum atomic E-state index is -0.330. The van der Waals surface area contributed by atoms with E-state index in [0.717, 1.165) is 37.1 Å². The molecule has 35 heavy (non-hydrogen) atoms. The number of piperidine rings is 1. The fourth-order valence-electron chi connectivity index (χ4n) is 4.74. The Morgan fingerprint density at radius 1 is 1.03 bits per heavy atom. The highest BCUT2D eigenvalue weighted by molar-refractivity contribution is 5.94. The maximum Gasteiger partial charge on any atom is 0.253 e. The number of halogens is 1. The van der Waals surface area contributed by atoms with E-state index in [1.165, 1.54) is 12.1 Å². The summed E-state index contributed by atoms with van der Waals surface area (Å²) in [5.74, 6) is 0.861. The monoisotopic (exact) mass is 474 g/mol. The van der Waals surface area contributed by atoms with Crippen LogP contribution in [0.4, 0.5) is 4.39 Å². The van der Waals surface area contributed by atoms with Gasteiger partial charge in [-0.05, 0) is 61.2 Å². The zero-order valence-corrected chi connectivity index (χ0v) is 19.4. The molecule has 1 aromatic heterocycles. The number of ether oxygens (including phenoxy) is 1. The number of rotatable bonds is 6. The number of nitrogens with zero attached hydrogens (tertiary/aromatic N) is 4. The molecule has 7 nitrogen and oxygen atoms in total. The van der Waals surface area contributed by atoms with Crippen molar-refractivity contribution >= 4 is 11.8 Å². The molecule has 0 aliphatic carbocycles. The second-order valence-electron chi connectivity index (χ2n) is 8.99. The van der Waals surface area contributed by atoms with E-state index in [1.807, 2.05) is 34.1 Å². The van der Waals surface area contributed by atoms with Gasteiger partial charge in [0.2, 0.25) is 11.8 Å². The molecule has 0 radical (unpaired) electrons. The topological polar surface area (TPSA) is 75.6 Å². The maximum absolute atomic E-state index is 13.2. The quantitative estimate of drug-likeness (QED) is 0.524. The van der Waals surface area contributed by atoms with Gasteiger partial charge in [0.25, 0.3) is 5.91 Å². The van der Waals surface area contributed by atoms with Crippen LogP contribution in [0.25, 0.3) is 0 Å². The number of benzene rings is 2. The molecule has 0 saturated carbocycles. The number of hydrogen-bond acceptors (Lipinski definition) is 5. The van der Waals surface area contributed by atoms with Crippen molar-refractivity contribution < 1.29 is 18.7 Å². The van der Waals surface area contributed by atoms with Gasteiger partial charge in [-0.15, -0.1) is 0 Å². The molecule has 2 aromatic carbocycles. The van der Waals surface area contributed by atoms with Gasteiger partial charge in [0.15, 0.2) is 0 Å². The second-order valence-corrected chi connectivity index (χ2v) is 8.99. The van der Waals surface area contributed by atoms with E-state index in [-0.39, 0.29) is 23.5 Å². The molecule has 2 aliphatic rings. The highest BCUT2D eigenvalue weighted by Crippen LogP contribution is 2.34. The van der Waals surface area contributed by atoms with Crippen molar-refractivity contribution in [3.8, 4) is 11.6 Å². The van der Waals surface area contributed by atoms with Gasteiger partial charge in [-0.3, -0.25) is 14.6 Å². The Kier molecular flexibility index (Phi) is 6.70. The van der Waals surface area contributed by atoms with Gasteiger partial charge in [-0.25, -0.2) is 9.37 Å². The van der Waals surface area contributed by atoms with Gasteiger partial charge in [-0.1, -0.05) is 12.1 Å². The lowest BCUT2D eigenvalue weighted by atomic mass is 9.93. The van der Waals surface area contributed by atoms with E-state index in [2.05, 4.69) is 9.97 Å². The first-order chi connectivity index (χ1) is 17.1. The molecule has 0 atom stereocenters. The lowest BCUT2D eigenvalue weighted by Crippen LogP contribution is -2.38. The lowest BCUT2D eigenvalue weighted by molar-refractivity contribution is -0.128. The van der Waals surface area contributed by atoms with Gasteiger partial charge in [0, 0.05) is 56.5 Å². The van der Waals surface area contributed by atoms with Crippen LogP contribution < -0.4 is 4.74 Å².